The van der Waals surface area contributed by atoms with Crippen LogP contribution in [0.1, 0.15) is 41.5 Å². The Kier molecular flexibility index (Phi) is 15.0. The zero-order valence-electron chi connectivity index (χ0n) is 9.92. The standard InChI is InChI=1S/C5H9N.C4H7N.C2H3N/c1-5(2,3)4-6;1-4(2)3-5;1-2-3/h1-3H3;4H,1-2H3;1H3. The minimum atomic E-state index is -0.153. The predicted octanol–water partition coefficient (Wildman–Crippen LogP) is 3.25. The molecule has 0 spiro atoms. The van der Waals surface area contributed by atoms with E-state index in [4.69, 9.17) is 15.8 Å². The average molecular weight is 193 g/mol. The van der Waals surface area contributed by atoms with E-state index >= 15 is 0 Å². The highest BCUT2D eigenvalue weighted by atomic mass is 14.3. The second-order valence-corrected chi connectivity index (χ2v) is 3.87. The maximum Gasteiger partial charge on any atom is 0.0680 e. The molecule has 0 aliphatic heterocycles. The van der Waals surface area contributed by atoms with E-state index in [-0.39, 0.29) is 11.3 Å². The van der Waals surface area contributed by atoms with Gasteiger partial charge in [0.1, 0.15) is 0 Å². The quantitative estimate of drug-likeness (QED) is 0.592. The largest absolute Gasteiger partial charge is 0.199 e. The maximum absolute atomic E-state index is 8.15. The first-order chi connectivity index (χ1) is 6.24. The van der Waals surface area contributed by atoms with Crippen LogP contribution < -0.4 is 0 Å². The van der Waals surface area contributed by atoms with Crippen molar-refractivity contribution in [3.8, 4) is 18.2 Å². The highest BCUT2D eigenvalue weighted by molar-refractivity contribution is 4.86. The number of nitrogens with zero attached hydrogens (tertiary/aromatic N) is 3. The number of nitriles is 3. The first-order valence-electron chi connectivity index (χ1n) is 4.36. The van der Waals surface area contributed by atoms with Crippen molar-refractivity contribution in [2.45, 2.75) is 41.5 Å². The lowest BCUT2D eigenvalue weighted by molar-refractivity contribution is 0.561. The highest BCUT2D eigenvalue weighted by Crippen LogP contribution is 2.08. The monoisotopic (exact) mass is 193 g/mol. The molecular formula is C11H19N3. The summed E-state index contributed by atoms with van der Waals surface area (Å²) in [7, 11) is 0. The van der Waals surface area contributed by atoms with Gasteiger partial charge in [-0.25, -0.2) is 0 Å². The molecule has 0 aromatic carbocycles. The summed E-state index contributed by atoms with van der Waals surface area (Å²) in [4.78, 5) is 0. The summed E-state index contributed by atoms with van der Waals surface area (Å²) in [6, 6.07) is 5.88. The molecule has 0 aromatic rings. The summed E-state index contributed by atoms with van der Waals surface area (Å²) < 4.78 is 0. The van der Waals surface area contributed by atoms with E-state index in [1.807, 2.05) is 40.7 Å². The number of hydrogen-bond donors (Lipinski definition) is 0. The van der Waals surface area contributed by atoms with E-state index in [0.717, 1.165) is 0 Å². The van der Waals surface area contributed by atoms with Crippen LogP contribution in [0, 0.1) is 45.3 Å². The Balaban J connectivity index is -0.000000138. The maximum atomic E-state index is 8.15. The third kappa shape index (κ3) is 78.0. The second-order valence-electron chi connectivity index (χ2n) is 3.87. The SMILES string of the molecule is CC#N.CC(C)(C)C#N.CC(C)C#N. The third-order valence-electron chi connectivity index (χ3n) is 0.594. The fourth-order valence-electron chi connectivity index (χ4n) is 0. The van der Waals surface area contributed by atoms with Crippen LogP contribution in [-0.2, 0) is 0 Å². The highest BCUT2D eigenvalue weighted by Gasteiger charge is 2.04. The molecule has 3 nitrogen and oxygen atoms in total. The van der Waals surface area contributed by atoms with Crippen molar-refractivity contribution in [3.63, 3.8) is 0 Å². The smallest absolute Gasteiger partial charge is 0.0680 e. The first kappa shape index (κ1) is 18.3. The molecule has 78 valence electrons. The average Bonchev–Trinajstić information content (AvgIpc) is 2.06. The van der Waals surface area contributed by atoms with E-state index in [9.17, 15) is 0 Å². The Morgan fingerprint density at radius 1 is 1.00 bits per heavy atom. The molecule has 0 aliphatic carbocycles. The number of hydrogen-bond acceptors (Lipinski definition) is 3. The molecule has 0 heterocycles. The van der Waals surface area contributed by atoms with Gasteiger partial charge in [0.15, 0.2) is 0 Å². The van der Waals surface area contributed by atoms with Crippen molar-refractivity contribution in [2.24, 2.45) is 11.3 Å². The van der Waals surface area contributed by atoms with Gasteiger partial charge < -0.3 is 0 Å². The van der Waals surface area contributed by atoms with Crippen LogP contribution in [0.15, 0.2) is 0 Å². The van der Waals surface area contributed by atoms with E-state index < -0.39 is 0 Å². The van der Waals surface area contributed by atoms with Gasteiger partial charge in [-0.3, -0.25) is 0 Å². The van der Waals surface area contributed by atoms with Crippen LogP contribution in [0.3, 0.4) is 0 Å². The molecule has 0 aliphatic rings. The molecule has 0 amide bonds. The fourth-order valence-corrected chi connectivity index (χ4v) is 0. The Labute approximate surface area is 87.6 Å². The van der Waals surface area contributed by atoms with Gasteiger partial charge >= 0.3 is 0 Å². The molecular weight excluding hydrogens is 174 g/mol. The van der Waals surface area contributed by atoms with E-state index in [2.05, 4.69) is 6.07 Å². The Hall–Kier alpha value is -1.53. The molecule has 0 saturated carbocycles. The molecule has 0 N–H and O–H groups in total. The molecule has 0 unspecified atom stereocenters. The van der Waals surface area contributed by atoms with E-state index in [1.54, 1.807) is 6.07 Å². The van der Waals surface area contributed by atoms with Gasteiger partial charge in [0.25, 0.3) is 0 Å². The van der Waals surface area contributed by atoms with Crippen molar-refractivity contribution < 1.29 is 0 Å². The van der Waals surface area contributed by atoms with Crippen LogP contribution in [0.4, 0.5) is 0 Å². The summed E-state index contributed by atoms with van der Waals surface area (Å²) in [5.41, 5.74) is -0.153. The molecule has 0 aromatic heterocycles. The molecule has 0 radical (unpaired) electrons. The van der Waals surface area contributed by atoms with Crippen LogP contribution in [0.5, 0.6) is 0 Å². The van der Waals surface area contributed by atoms with Gasteiger partial charge in [-0.05, 0) is 34.6 Å². The normalized spacial score (nSPS) is 7.71. The topological polar surface area (TPSA) is 71.4 Å². The Morgan fingerprint density at radius 3 is 1.14 bits per heavy atom. The fraction of sp³-hybridized carbons (Fsp3) is 0.727. The van der Waals surface area contributed by atoms with Crippen LogP contribution in [-0.4, -0.2) is 0 Å². The van der Waals surface area contributed by atoms with Crippen molar-refractivity contribution in [1.82, 2.24) is 0 Å². The van der Waals surface area contributed by atoms with Gasteiger partial charge in [-0.1, -0.05) is 0 Å². The molecule has 3 heteroatoms. The minimum absolute atomic E-state index is 0.153. The molecule has 0 bridgehead atoms. The molecule has 0 rings (SSSR count). The lowest BCUT2D eigenvalue weighted by Gasteiger charge is -2.01. The van der Waals surface area contributed by atoms with Crippen LogP contribution >= 0.6 is 0 Å². The molecule has 0 fully saturated rings. The second kappa shape index (κ2) is 11.5. The van der Waals surface area contributed by atoms with E-state index in [0.29, 0.717) is 0 Å². The molecule has 0 atom stereocenters. The van der Waals surface area contributed by atoms with Crippen molar-refractivity contribution >= 4 is 0 Å². The van der Waals surface area contributed by atoms with Gasteiger partial charge in [0, 0.05) is 18.3 Å². The summed E-state index contributed by atoms with van der Waals surface area (Å²) in [5.74, 6) is 0.190. The molecule has 0 saturated heterocycles. The van der Waals surface area contributed by atoms with Gasteiger partial charge in [-0.15, -0.1) is 0 Å². The van der Waals surface area contributed by atoms with Crippen LogP contribution in [0.2, 0.25) is 0 Å². The van der Waals surface area contributed by atoms with Crippen LogP contribution in [0.25, 0.3) is 0 Å². The van der Waals surface area contributed by atoms with Crippen molar-refractivity contribution in [3.05, 3.63) is 0 Å². The summed E-state index contributed by atoms with van der Waals surface area (Å²) in [6.45, 7) is 10.8. The zero-order valence-corrected chi connectivity index (χ0v) is 9.92. The zero-order chi connectivity index (χ0) is 12.2. The summed E-state index contributed by atoms with van der Waals surface area (Å²) >= 11 is 0. The third-order valence-corrected chi connectivity index (χ3v) is 0.594. The lowest BCUT2D eigenvalue weighted by atomic mass is 10.0. The van der Waals surface area contributed by atoms with Crippen molar-refractivity contribution in [1.29, 1.82) is 15.8 Å². The first-order valence-corrected chi connectivity index (χ1v) is 4.36. The number of rotatable bonds is 0. The van der Waals surface area contributed by atoms with E-state index in [1.165, 1.54) is 6.92 Å². The lowest BCUT2D eigenvalue weighted by Crippen LogP contribution is -1.97. The molecule has 14 heavy (non-hydrogen) atoms. The Bertz CT molecular complexity index is 227. The summed E-state index contributed by atoms with van der Waals surface area (Å²) in [5, 5.41) is 23.4. The van der Waals surface area contributed by atoms with Crippen molar-refractivity contribution in [2.75, 3.05) is 0 Å². The predicted molar refractivity (Wildman–Crippen MR) is 56.8 cm³/mol. The van der Waals surface area contributed by atoms with Gasteiger partial charge in [-0.2, -0.15) is 15.8 Å². The van der Waals surface area contributed by atoms with Gasteiger partial charge in [0.2, 0.25) is 0 Å². The minimum Gasteiger partial charge on any atom is -0.199 e. The Morgan fingerprint density at radius 2 is 1.14 bits per heavy atom. The van der Waals surface area contributed by atoms with Gasteiger partial charge in [0.05, 0.1) is 18.2 Å². The summed E-state index contributed by atoms with van der Waals surface area (Å²) in [6.07, 6.45) is 0.